The predicted molar refractivity (Wildman–Crippen MR) is 105 cm³/mol. The lowest BCUT2D eigenvalue weighted by Gasteiger charge is -2.32. The largest absolute Gasteiger partial charge is 0.456 e. The molecule has 2 amide bonds. The van der Waals surface area contributed by atoms with Crippen molar-refractivity contribution in [3.05, 3.63) is 39.2 Å². The van der Waals surface area contributed by atoms with Crippen molar-refractivity contribution in [2.24, 2.45) is 0 Å². The third kappa shape index (κ3) is 4.77. The van der Waals surface area contributed by atoms with Crippen molar-refractivity contribution in [2.75, 3.05) is 13.1 Å². The van der Waals surface area contributed by atoms with Crippen LogP contribution in [0.2, 0.25) is 0 Å². The van der Waals surface area contributed by atoms with Crippen molar-refractivity contribution in [3.8, 4) is 0 Å². The Morgan fingerprint density at radius 1 is 1.30 bits per heavy atom. The van der Waals surface area contributed by atoms with Crippen LogP contribution in [0.5, 0.6) is 0 Å². The molecule has 0 radical (unpaired) electrons. The molecule has 1 N–H and O–H groups in total. The van der Waals surface area contributed by atoms with E-state index in [1.54, 1.807) is 12.1 Å². The third-order valence-corrected chi connectivity index (χ3v) is 6.07. The minimum Gasteiger partial charge on any atom is -0.456 e. The van der Waals surface area contributed by atoms with E-state index in [1.165, 1.54) is 11.3 Å². The Balaban J connectivity index is 1.53. The van der Waals surface area contributed by atoms with E-state index >= 15 is 0 Å². The van der Waals surface area contributed by atoms with Crippen LogP contribution in [0.1, 0.15) is 69.3 Å². The molecule has 1 fully saturated rings. The highest BCUT2D eigenvalue weighted by atomic mass is 32.1. The van der Waals surface area contributed by atoms with E-state index in [4.69, 9.17) is 4.42 Å². The van der Waals surface area contributed by atoms with E-state index in [0.29, 0.717) is 18.8 Å². The Kier molecular flexibility index (Phi) is 6.31. The molecule has 2 aromatic rings. The lowest BCUT2D eigenvalue weighted by Crippen LogP contribution is -2.46. The minimum atomic E-state index is -0.188. The van der Waals surface area contributed by atoms with Crippen LogP contribution in [-0.4, -0.2) is 40.8 Å². The molecule has 1 aliphatic heterocycles. The molecule has 3 rings (SSSR count). The monoisotopic (exact) mass is 389 g/mol. The van der Waals surface area contributed by atoms with Gasteiger partial charge in [0, 0.05) is 19.1 Å². The van der Waals surface area contributed by atoms with E-state index in [0.717, 1.165) is 53.4 Å². The second kappa shape index (κ2) is 8.69. The number of furan rings is 1. The SMILES string of the molecule is CCCCc1nc(C)c(C(=O)N2CCC(NC(=O)c3ccc(C)o3)CC2)s1. The second-order valence-corrected chi connectivity index (χ2v) is 8.16. The number of carbonyl (C=O) groups is 2. The number of hydrogen-bond acceptors (Lipinski definition) is 5. The van der Waals surface area contributed by atoms with E-state index in [9.17, 15) is 9.59 Å². The van der Waals surface area contributed by atoms with Gasteiger partial charge in [-0.05, 0) is 51.7 Å². The number of nitrogens with one attached hydrogen (secondary N) is 1. The summed E-state index contributed by atoms with van der Waals surface area (Å²) < 4.78 is 5.37. The van der Waals surface area contributed by atoms with Crippen LogP contribution in [-0.2, 0) is 6.42 Å². The van der Waals surface area contributed by atoms with Crippen LogP contribution in [0.25, 0.3) is 0 Å². The van der Waals surface area contributed by atoms with Crippen molar-refractivity contribution in [1.82, 2.24) is 15.2 Å². The normalized spacial score (nSPS) is 15.1. The number of nitrogens with zero attached hydrogens (tertiary/aromatic N) is 2. The Hall–Kier alpha value is -2.15. The van der Waals surface area contributed by atoms with Crippen LogP contribution in [0.4, 0.5) is 0 Å². The summed E-state index contributed by atoms with van der Waals surface area (Å²) in [5, 5.41) is 4.06. The molecule has 1 aliphatic rings. The summed E-state index contributed by atoms with van der Waals surface area (Å²) >= 11 is 1.53. The van der Waals surface area contributed by atoms with Gasteiger partial charge in [-0.15, -0.1) is 11.3 Å². The van der Waals surface area contributed by atoms with E-state index in [1.807, 2.05) is 18.7 Å². The van der Waals surface area contributed by atoms with Crippen LogP contribution < -0.4 is 5.32 Å². The minimum absolute atomic E-state index is 0.0645. The molecule has 6 nitrogen and oxygen atoms in total. The molecule has 1 saturated heterocycles. The zero-order valence-corrected chi connectivity index (χ0v) is 17.0. The topological polar surface area (TPSA) is 75.4 Å². The Morgan fingerprint density at radius 3 is 2.67 bits per heavy atom. The van der Waals surface area contributed by atoms with Crippen molar-refractivity contribution in [3.63, 3.8) is 0 Å². The fourth-order valence-electron chi connectivity index (χ4n) is 3.27. The number of aryl methyl sites for hydroxylation is 3. The lowest BCUT2D eigenvalue weighted by atomic mass is 10.0. The zero-order chi connectivity index (χ0) is 19.4. The molecular formula is C20H27N3O3S. The average Bonchev–Trinajstić information content (AvgIpc) is 3.25. The lowest BCUT2D eigenvalue weighted by molar-refractivity contribution is 0.0699. The van der Waals surface area contributed by atoms with Crippen LogP contribution in [0.3, 0.4) is 0 Å². The molecule has 0 saturated carbocycles. The van der Waals surface area contributed by atoms with Gasteiger partial charge >= 0.3 is 0 Å². The fourth-order valence-corrected chi connectivity index (χ4v) is 4.34. The van der Waals surface area contributed by atoms with Crippen LogP contribution in [0.15, 0.2) is 16.5 Å². The molecule has 0 spiro atoms. The summed E-state index contributed by atoms with van der Waals surface area (Å²) in [6.45, 7) is 7.17. The average molecular weight is 390 g/mol. The summed E-state index contributed by atoms with van der Waals surface area (Å²) in [5.41, 5.74) is 0.833. The number of piperidine rings is 1. The number of rotatable bonds is 6. The molecule has 0 bridgehead atoms. The number of aromatic nitrogens is 1. The Morgan fingerprint density at radius 2 is 2.04 bits per heavy atom. The first-order valence-corrected chi connectivity index (χ1v) is 10.4. The quantitative estimate of drug-likeness (QED) is 0.817. The van der Waals surface area contributed by atoms with Gasteiger partial charge in [0.15, 0.2) is 5.76 Å². The number of thiazole rings is 1. The molecule has 0 unspecified atom stereocenters. The summed E-state index contributed by atoms with van der Waals surface area (Å²) in [7, 11) is 0. The van der Waals surface area contributed by atoms with Gasteiger partial charge in [-0.2, -0.15) is 0 Å². The molecular weight excluding hydrogens is 362 g/mol. The first-order valence-electron chi connectivity index (χ1n) is 9.60. The van der Waals surface area contributed by atoms with Crippen LogP contribution in [0, 0.1) is 13.8 Å². The fraction of sp³-hybridized carbons (Fsp3) is 0.550. The molecule has 2 aromatic heterocycles. The van der Waals surface area contributed by atoms with Gasteiger partial charge in [0.1, 0.15) is 10.6 Å². The molecule has 27 heavy (non-hydrogen) atoms. The predicted octanol–water partition coefficient (Wildman–Crippen LogP) is 3.73. The van der Waals surface area contributed by atoms with Gasteiger partial charge in [-0.1, -0.05) is 13.3 Å². The highest BCUT2D eigenvalue weighted by molar-refractivity contribution is 7.13. The van der Waals surface area contributed by atoms with E-state index in [2.05, 4.69) is 17.2 Å². The number of likely N-dealkylation sites (tertiary alicyclic amines) is 1. The Bertz CT molecular complexity index is 803. The van der Waals surface area contributed by atoms with Gasteiger partial charge in [-0.3, -0.25) is 9.59 Å². The van der Waals surface area contributed by atoms with Crippen molar-refractivity contribution < 1.29 is 14.0 Å². The maximum atomic E-state index is 12.9. The number of hydrogen-bond donors (Lipinski definition) is 1. The summed E-state index contributed by atoms with van der Waals surface area (Å²) in [6, 6.07) is 3.53. The standard InChI is InChI=1S/C20H27N3O3S/c1-4-5-6-17-21-14(3)18(27-17)20(25)23-11-9-15(10-12-23)22-19(24)16-8-7-13(2)26-16/h7-8,15H,4-6,9-12H2,1-3H3,(H,22,24). The number of carbonyl (C=O) groups excluding carboxylic acids is 2. The van der Waals surface area contributed by atoms with Gasteiger partial charge in [-0.25, -0.2) is 4.98 Å². The van der Waals surface area contributed by atoms with Crippen molar-refractivity contribution in [2.45, 2.75) is 58.9 Å². The molecule has 0 aromatic carbocycles. The highest BCUT2D eigenvalue weighted by Crippen LogP contribution is 2.23. The highest BCUT2D eigenvalue weighted by Gasteiger charge is 2.27. The summed E-state index contributed by atoms with van der Waals surface area (Å²) in [5.74, 6) is 0.940. The van der Waals surface area contributed by atoms with E-state index in [-0.39, 0.29) is 17.9 Å². The second-order valence-electron chi connectivity index (χ2n) is 7.08. The molecule has 3 heterocycles. The summed E-state index contributed by atoms with van der Waals surface area (Å²) in [6.07, 6.45) is 4.66. The molecule has 0 aliphatic carbocycles. The Labute approximate surface area is 164 Å². The smallest absolute Gasteiger partial charge is 0.287 e. The zero-order valence-electron chi connectivity index (χ0n) is 16.2. The van der Waals surface area contributed by atoms with Crippen molar-refractivity contribution in [1.29, 1.82) is 0 Å². The van der Waals surface area contributed by atoms with Gasteiger partial charge < -0.3 is 14.6 Å². The van der Waals surface area contributed by atoms with Crippen molar-refractivity contribution >= 4 is 23.2 Å². The van der Waals surface area contributed by atoms with E-state index < -0.39 is 0 Å². The maximum absolute atomic E-state index is 12.9. The van der Waals surface area contributed by atoms with Gasteiger partial charge in [0.25, 0.3) is 11.8 Å². The molecule has 7 heteroatoms. The van der Waals surface area contributed by atoms with Gasteiger partial charge in [0.2, 0.25) is 0 Å². The third-order valence-electron chi connectivity index (χ3n) is 4.86. The summed E-state index contributed by atoms with van der Waals surface area (Å²) in [4.78, 5) is 32.3. The van der Waals surface area contributed by atoms with Gasteiger partial charge in [0.05, 0.1) is 10.7 Å². The maximum Gasteiger partial charge on any atom is 0.287 e. The first-order chi connectivity index (χ1) is 13.0. The number of amides is 2. The molecule has 146 valence electrons. The first kappa shape index (κ1) is 19.6. The number of unbranched alkanes of at least 4 members (excludes halogenated alkanes) is 1. The molecule has 0 atom stereocenters. The van der Waals surface area contributed by atoms with Crippen LogP contribution >= 0.6 is 11.3 Å².